The van der Waals surface area contributed by atoms with E-state index in [9.17, 15) is 15.2 Å². The Labute approximate surface area is 135 Å². The third-order valence-electron chi connectivity index (χ3n) is 3.77. The zero-order valence-corrected chi connectivity index (χ0v) is 12.6. The number of thioether (sulfide) groups is 1. The predicted molar refractivity (Wildman–Crippen MR) is 90.6 cm³/mol. The molecule has 0 amide bonds. The lowest BCUT2D eigenvalue weighted by Crippen LogP contribution is -2.01. The largest absolute Gasteiger partial charge is 0.494 e. The van der Waals surface area contributed by atoms with Crippen LogP contribution in [0.3, 0.4) is 0 Å². The molecular formula is C16H11N3O3S. The number of non-ortho nitro benzene ring substituents is 1. The second-order valence-corrected chi connectivity index (χ2v) is 6.13. The summed E-state index contributed by atoms with van der Waals surface area (Å²) in [5.74, 6) is 0.750. The van der Waals surface area contributed by atoms with Crippen LogP contribution < -0.4 is 0 Å². The summed E-state index contributed by atoms with van der Waals surface area (Å²) in [5, 5.41) is 22.6. The third kappa shape index (κ3) is 2.25. The van der Waals surface area contributed by atoms with Gasteiger partial charge in [0.2, 0.25) is 0 Å². The van der Waals surface area contributed by atoms with Gasteiger partial charge in [0, 0.05) is 23.3 Å². The van der Waals surface area contributed by atoms with Gasteiger partial charge in [-0.2, -0.15) is 0 Å². The normalized spacial score (nSPS) is 13.7. The van der Waals surface area contributed by atoms with E-state index in [1.807, 2.05) is 24.3 Å². The summed E-state index contributed by atoms with van der Waals surface area (Å²) >= 11 is 1.54. The molecule has 23 heavy (non-hydrogen) atoms. The highest BCUT2D eigenvalue weighted by molar-refractivity contribution is 8.13. The fourth-order valence-electron chi connectivity index (χ4n) is 2.66. The van der Waals surface area contributed by atoms with Crippen molar-refractivity contribution in [3.63, 3.8) is 0 Å². The number of fused-ring (bicyclic) bond motifs is 2. The molecule has 6 nitrogen and oxygen atoms in total. The molecule has 114 valence electrons. The molecule has 4 rings (SSSR count). The van der Waals surface area contributed by atoms with Gasteiger partial charge in [-0.05, 0) is 17.7 Å². The molecule has 2 heterocycles. The Kier molecular flexibility index (Phi) is 3.09. The minimum absolute atomic E-state index is 0.0196. The smallest absolute Gasteiger partial charge is 0.271 e. The summed E-state index contributed by atoms with van der Waals surface area (Å²) in [6, 6.07) is 12.4. The maximum Gasteiger partial charge on any atom is 0.271 e. The topological polar surface area (TPSA) is 91.5 Å². The SMILES string of the molecule is O=[N+]([O-])c1ccc2c(C3=Nc4ccccc4CS3)c(O)[nH]c2c1. The monoisotopic (exact) mass is 325 g/mol. The van der Waals surface area contributed by atoms with Crippen LogP contribution in [0, 0.1) is 10.1 Å². The van der Waals surface area contributed by atoms with E-state index < -0.39 is 4.92 Å². The number of nitro benzene ring substituents is 1. The molecule has 0 saturated heterocycles. The number of H-pyrrole nitrogens is 1. The minimum Gasteiger partial charge on any atom is -0.494 e. The highest BCUT2D eigenvalue weighted by Crippen LogP contribution is 2.38. The molecule has 1 aliphatic heterocycles. The zero-order chi connectivity index (χ0) is 16.0. The molecule has 0 radical (unpaired) electrons. The van der Waals surface area contributed by atoms with Gasteiger partial charge >= 0.3 is 0 Å². The van der Waals surface area contributed by atoms with Gasteiger partial charge in [0.25, 0.3) is 5.69 Å². The number of nitrogens with one attached hydrogen (secondary N) is 1. The Hall–Kier alpha value is -2.80. The number of nitrogens with zero attached hydrogens (tertiary/aromatic N) is 2. The molecular weight excluding hydrogens is 314 g/mol. The average molecular weight is 325 g/mol. The first-order chi connectivity index (χ1) is 11.1. The van der Waals surface area contributed by atoms with E-state index in [4.69, 9.17) is 0 Å². The van der Waals surface area contributed by atoms with Crippen molar-refractivity contribution in [2.45, 2.75) is 5.75 Å². The first-order valence-electron chi connectivity index (χ1n) is 6.92. The van der Waals surface area contributed by atoms with E-state index in [0.717, 1.165) is 22.4 Å². The van der Waals surface area contributed by atoms with Crippen LogP contribution in [-0.2, 0) is 5.75 Å². The number of aliphatic imine (C=N–C) groups is 1. The van der Waals surface area contributed by atoms with Crippen LogP contribution >= 0.6 is 11.8 Å². The molecule has 0 spiro atoms. The molecule has 3 aromatic rings. The standard InChI is InChI=1S/C16H11N3O3S/c20-15-14(11-6-5-10(19(21)22)7-13(11)17-15)16-18-12-4-2-1-3-9(12)8-23-16/h1-7,17,20H,8H2. The Bertz CT molecular complexity index is 978. The molecule has 7 heteroatoms. The fraction of sp³-hybridized carbons (Fsp3) is 0.0625. The number of para-hydroxylation sites is 1. The third-order valence-corrected chi connectivity index (χ3v) is 4.79. The van der Waals surface area contributed by atoms with Crippen molar-refractivity contribution in [3.8, 4) is 5.88 Å². The second-order valence-electron chi connectivity index (χ2n) is 5.17. The summed E-state index contributed by atoms with van der Waals surface area (Å²) in [6.45, 7) is 0. The van der Waals surface area contributed by atoms with E-state index in [-0.39, 0.29) is 11.6 Å². The number of aromatic hydroxyl groups is 1. The minimum atomic E-state index is -0.458. The molecule has 1 aromatic heterocycles. The van der Waals surface area contributed by atoms with Crippen molar-refractivity contribution in [2.75, 3.05) is 0 Å². The van der Waals surface area contributed by atoms with E-state index in [1.54, 1.807) is 6.07 Å². The van der Waals surface area contributed by atoms with Crippen LogP contribution in [0.15, 0.2) is 47.5 Å². The van der Waals surface area contributed by atoms with Crippen LogP contribution in [0.2, 0.25) is 0 Å². The van der Waals surface area contributed by atoms with Crippen molar-refractivity contribution in [1.29, 1.82) is 0 Å². The summed E-state index contributed by atoms with van der Waals surface area (Å²) in [6.07, 6.45) is 0. The van der Waals surface area contributed by atoms with E-state index in [1.165, 1.54) is 23.9 Å². The average Bonchev–Trinajstić information content (AvgIpc) is 2.89. The van der Waals surface area contributed by atoms with Crippen LogP contribution in [0.5, 0.6) is 5.88 Å². The summed E-state index contributed by atoms with van der Waals surface area (Å²) in [5.41, 5.74) is 3.13. The Morgan fingerprint density at radius 2 is 2.09 bits per heavy atom. The number of hydrogen-bond donors (Lipinski definition) is 2. The lowest BCUT2D eigenvalue weighted by Gasteiger charge is -2.14. The van der Waals surface area contributed by atoms with Crippen LogP contribution in [0.4, 0.5) is 11.4 Å². The Balaban J connectivity index is 1.88. The molecule has 0 unspecified atom stereocenters. The maximum atomic E-state index is 10.9. The summed E-state index contributed by atoms with van der Waals surface area (Å²) < 4.78 is 0. The highest BCUT2D eigenvalue weighted by Gasteiger charge is 2.22. The lowest BCUT2D eigenvalue weighted by molar-refractivity contribution is -0.384. The van der Waals surface area contributed by atoms with E-state index in [0.29, 0.717) is 16.1 Å². The van der Waals surface area contributed by atoms with Crippen molar-refractivity contribution in [2.24, 2.45) is 4.99 Å². The van der Waals surface area contributed by atoms with Crippen molar-refractivity contribution in [1.82, 2.24) is 4.98 Å². The first-order valence-corrected chi connectivity index (χ1v) is 7.91. The fourth-order valence-corrected chi connectivity index (χ4v) is 3.71. The summed E-state index contributed by atoms with van der Waals surface area (Å²) in [4.78, 5) is 17.8. The number of aromatic nitrogens is 1. The lowest BCUT2D eigenvalue weighted by atomic mass is 10.1. The van der Waals surface area contributed by atoms with Gasteiger partial charge in [0.15, 0.2) is 5.88 Å². The molecule has 2 N–H and O–H groups in total. The molecule has 0 atom stereocenters. The molecule has 0 saturated carbocycles. The predicted octanol–water partition coefficient (Wildman–Crippen LogP) is 4.11. The van der Waals surface area contributed by atoms with E-state index in [2.05, 4.69) is 9.98 Å². The van der Waals surface area contributed by atoms with Crippen molar-refractivity contribution >= 4 is 39.1 Å². The number of hydrogen-bond acceptors (Lipinski definition) is 5. The van der Waals surface area contributed by atoms with Gasteiger partial charge < -0.3 is 10.1 Å². The summed E-state index contributed by atoms with van der Waals surface area (Å²) in [7, 11) is 0. The van der Waals surface area contributed by atoms with Crippen LogP contribution in [0.1, 0.15) is 11.1 Å². The van der Waals surface area contributed by atoms with Gasteiger partial charge in [-0.1, -0.05) is 18.2 Å². The van der Waals surface area contributed by atoms with Gasteiger partial charge in [0.05, 0.1) is 21.7 Å². The van der Waals surface area contributed by atoms with Crippen LogP contribution in [0.25, 0.3) is 10.9 Å². The number of rotatable bonds is 2. The van der Waals surface area contributed by atoms with Crippen molar-refractivity contribution in [3.05, 3.63) is 63.7 Å². The molecule has 0 fully saturated rings. The van der Waals surface area contributed by atoms with E-state index >= 15 is 0 Å². The first kappa shape index (κ1) is 13.8. The second kappa shape index (κ2) is 5.13. The van der Waals surface area contributed by atoms with Gasteiger partial charge in [-0.25, -0.2) is 4.99 Å². The van der Waals surface area contributed by atoms with Gasteiger partial charge in [-0.3, -0.25) is 10.1 Å². The van der Waals surface area contributed by atoms with Crippen LogP contribution in [-0.4, -0.2) is 20.1 Å². The maximum absolute atomic E-state index is 10.9. The quantitative estimate of drug-likeness (QED) is 0.548. The van der Waals surface area contributed by atoms with Crippen molar-refractivity contribution < 1.29 is 10.0 Å². The number of benzene rings is 2. The van der Waals surface area contributed by atoms with Gasteiger partial charge in [-0.15, -0.1) is 11.8 Å². The molecule has 0 bridgehead atoms. The molecule has 1 aliphatic rings. The Morgan fingerprint density at radius 3 is 2.91 bits per heavy atom. The molecule has 2 aromatic carbocycles. The Morgan fingerprint density at radius 1 is 1.26 bits per heavy atom. The zero-order valence-electron chi connectivity index (χ0n) is 11.8. The van der Waals surface area contributed by atoms with Gasteiger partial charge in [0.1, 0.15) is 5.04 Å². The molecule has 0 aliphatic carbocycles. The highest BCUT2D eigenvalue weighted by atomic mass is 32.2. The number of aromatic amines is 1. The number of nitro groups is 1.